The number of anilines is 1. The van der Waals surface area contributed by atoms with Gasteiger partial charge in [0.15, 0.2) is 0 Å². The number of benzene rings is 1. The number of carbonyl (C=O) groups excluding carboxylic acids is 1. The summed E-state index contributed by atoms with van der Waals surface area (Å²) in [5.74, 6) is -0.323. The predicted molar refractivity (Wildman–Crippen MR) is 73.3 cm³/mol. The van der Waals surface area contributed by atoms with Crippen molar-refractivity contribution in [3.8, 4) is 5.75 Å². The normalized spacial score (nSPS) is 9.63. The van der Waals surface area contributed by atoms with Gasteiger partial charge in [-0.25, -0.2) is 4.39 Å². The lowest BCUT2D eigenvalue weighted by Gasteiger charge is -2.12. The molecular weight excluding hydrogens is 275 g/mol. The van der Waals surface area contributed by atoms with Crippen molar-refractivity contribution in [1.29, 1.82) is 0 Å². The molecule has 0 saturated carbocycles. The van der Waals surface area contributed by atoms with Gasteiger partial charge in [0.1, 0.15) is 18.2 Å². The number of rotatable bonds is 7. The minimum absolute atomic E-state index is 0. The molecule has 0 fully saturated rings. The van der Waals surface area contributed by atoms with Crippen LogP contribution in [0.15, 0.2) is 18.2 Å². The van der Waals surface area contributed by atoms with Gasteiger partial charge in [0.2, 0.25) is 5.91 Å². The predicted octanol–water partition coefficient (Wildman–Crippen LogP) is 1.56. The van der Waals surface area contributed by atoms with Crippen LogP contribution in [0.25, 0.3) is 0 Å². The van der Waals surface area contributed by atoms with Crippen LogP contribution in [0, 0.1) is 5.82 Å². The Morgan fingerprint density at radius 3 is 2.79 bits per heavy atom. The molecule has 0 heterocycles. The van der Waals surface area contributed by atoms with Crippen LogP contribution >= 0.6 is 12.4 Å². The smallest absolute Gasteiger partial charge is 0.225 e. The lowest BCUT2D eigenvalue weighted by atomic mass is 10.2. The second kappa shape index (κ2) is 9.55. The highest BCUT2D eigenvalue weighted by Crippen LogP contribution is 2.25. The minimum atomic E-state index is -0.447. The maximum absolute atomic E-state index is 13.1. The molecule has 0 aliphatic carbocycles. The van der Waals surface area contributed by atoms with Crippen molar-refractivity contribution >= 4 is 24.0 Å². The Balaban J connectivity index is 0.00000324. The van der Waals surface area contributed by atoms with E-state index in [2.05, 4.69) is 5.32 Å². The average molecular weight is 293 g/mol. The molecule has 1 aromatic rings. The van der Waals surface area contributed by atoms with Gasteiger partial charge in [-0.3, -0.25) is 4.79 Å². The van der Waals surface area contributed by atoms with E-state index in [-0.39, 0.29) is 31.3 Å². The monoisotopic (exact) mass is 292 g/mol. The Hall–Kier alpha value is -1.37. The molecule has 1 rings (SSSR count). The molecule has 1 aromatic carbocycles. The van der Waals surface area contributed by atoms with Crippen molar-refractivity contribution in [1.82, 2.24) is 0 Å². The summed E-state index contributed by atoms with van der Waals surface area (Å²) in [6, 6.07) is 3.93. The van der Waals surface area contributed by atoms with Crippen LogP contribution in [0.4, 0.5) is 10.1 Å². The van der Waals surface area contributed by atoms with Crippen molar-refractivity contribution in [2.75, 3.05) is 32.2 Å². The summed E-state index contributed by atoms with van der Waals surface area (Å²) in [5.41, 5.74) is 5.56. The first kappa shape index (κ1) is 17.6. The molecule has 0 spiro atoms. The first-order chi connectivity index (χ1) is 8.67. The van der Waals surface area contributed by atoms with Crippen molar-refractivity contribution in [2.24, 2.45) is 5.73 Å². The molecule has 0 aliphatic heterocycles. The molecule has 7 heteroatoms. The Morgan fingerprint density at radius 1 is 1.42 bits per heavy atom. The first-order valence-electron chi connectivity index (χ1n) is 5.58. The van der Waals surface area contributed by atoms with Gasteiger partial charge in [0, 0.05) is 26.1 Å². The summed E-state index contributed by atoms with van der Waals surface area (Å²) < 4.78 is 23.3. The third kappa shape index (κ3) is 6.37. The van der Waals surface area contributed by atoms with Crippen molar-refractivity contribution < 1.29 is 18.7 Å². The summed E-state index contributed by atoms with van der Waals surface area (Å²) in [5, 5.41) is 2.55. The highest BCUT2D eigenvalue weighted by Gasteiger charge is 2.08. The number of halogens is 2. The lowest BCUT2D eigenvalue weighted by Crippen LogP contribution is -2.17. The summed E-state index contributed by atoms with van der Waals surface area (Å²) in [6.45, 7) is 0.969. The van der Waals surface area contributed by atoms with Gasteiger partial charge in [0.25, 0.3) is 0 Å². The Bertz CT molecular complexity index is 405. The van der Waals surface area contributed by atoms with Crippen LogP contribution < -0.4 is 15.8 Å². The zero-order valence-corrected chi connectivity index (χ0v) is 11.5. The van der Waals surface area contributed by atoms with E-state index < -0.39 is 5.82 Å². The topological polar surface area (TPSA) is 73.6 Å². The largest absolute Gasteiger partial charge is 0.489 e. The fourth-order valence-corrected chi connectivity index (χ4v) is 1.30. The van der Waals surface area contributed by atoms with Gasteiger partial charge in [-0.05, 0) is 12.1 Å². The zero-order chi connectivity index (χ0) is 13.4. The van der Waals surface area contributed by atoms with E-state index >= 15 is 0 Å². The summed E-state index contributed by atoms with van der Waals surface area (Å²) in [6.07, 6.45) is 0.175. The van der Waals surface area contributed by atoms with E-state index in [1.54, 1.807) is 7.11 Å². The highest BCUT2D eigenvalue weighted by atomic mass is 35.5. The number of amides is 1. The number of methoxy groups -OCH3 is 1. The number of ether oxygens (including phenoxy) is 2. The van der Waals surface area contributed by atoms with Crippen LogP contribution in [0.1, 0.15) is 6.42 Å². The maximum Gasteiger partial charge on any atom is 0.225 e. The first-order valence-corrected chi connectivity index (χ1v) is 5.58. The number of nitrogens with one attached hydrogen (secondary N) is 1. The minimum Gasteiger partial charge on any atom is -0.489 e. The molecule has 5 nitrogen and oxygen atoms in total. The van der Waals surface area contributed by atoms with E-state index in [0.717, 1.165) is 0 Å². The fraction of sp³-hybridized carbons (Fsp3) is 0.417. The van der Waals surface area contributed by atoms with Crippen LogP contribution in [-0.4, -0.2) is 32.8 Å². The zero-order valence-electron chi connectivity index (χ0n) is 10.6. The Labute approximate surface area is 117 Å². The van der Waals surface area contributed by atoms with Gasteiger partial charge in [-0.15, -0.1) is 12.4 Å². The van der Waals surface area contributed by atoms with Crippen LogP contribution in [-0.2, 0) is 9.53 Å². The standard InChI is InChI=1S/C12H17FN2O3.ClH/c1-17-6-7-18-11-3-2-9(13)8-10(11)15-12(16)4-5-14;/h2-3,8H,4-7,14H2,1H3,(H,15,16);1H. The molecule has 3 N–H and O–H groups in total. The third-order valence-electron chi connectivity index (χ3n) is 2.13. The van der Waals surface area contributed by atoms with Gasteiger partial charge in [0.05, 0.1) is 12.3 Å². The molecular formula is C12H18ClFN2O3. The third-order valence-corrected chi connectivity index (χ3v) is 2.13. The SMILES string of the molecule is COCCOc1ccc(F)cc1NC(=O)CCN.Cl. The van der Waals surface area contributed by atoms with Crippen molar-refractivity contribution in [3.05, 3.63) is 24.0 Å². The number of hydrogen-bond donors (Lipinski definition) is 2. The van der Waals surface area contributed by atoms with Crippen LogP contribution in [0.2, 0.25) is 0 Å². The summed E-state index contributed by atoms with van der Waals surface area (Å²) in [7, 11) is 1.55. The second-order valence-electron chi connectivity index (χ2n) is 3.57. The average Bonchev–Trinajstić information content (AvgIpc) is 2.32. The second-order valence-corrected chi connectivity index (χ2v) is 3.57. The Kier molecular flexibility index (Phi) is 8.86. The van der Waals surface area contributed by atoms with Crippen LogP contribution in [0.5, 0.6) is 5.75 Å². The molecule has 0 aromatic heterocycles. The summed E-state index contributed by atoms with van der Waals surface area (Å²) in [4.78, 5) is 11.4. The molecule has 1 amide bonds. The number of carbonyl (C=O) groups is 1. The highest BCUT2D eigenvalue weighted by molar-refractivity contribution is 5.92. The number of hydrogen-bond acceptors (Lipinski definition) is 4. The maximum atomic E-state index is 13.1. The quantitative estimate of drug-likeness (QED) is 0.748. The molecule has 108 valence electrons. The van der Waals surface area contributed by atoms with E-state index in [0.29, 0.717) is 24.7 Å². The van der Waals surface area contributed by atoms with E-state index in [4.69, 9.17) is 15.2 Å². The van der Waals surface area contributed by atoms with E-state index in [1.165, 1.54) is 18.2 Å². The van der Waals surface area contributed by atoms with Gasteiger partial charge < -0.3 is 20.5 Å². The fourth-order valence-electron chi connectivity index (χ4n) is 1.30. The van der Waals surface area contributed by atoms with E-state index in [9.17, 15) is 9.18 Å². The van der Waals surface area contributed by atoms with Crippen LogP contribution in [0.3, 0.4) is 0 Å². The molecule has 19 heavy (non-hydrogen) atoms. The Morgan fingerprint density at radius 2 is 2.16 bits per heavy atom. The molecule has 0 bridgehead atoms. The molecule has 0 aliphatic rings. The summed E-state index contributed by atoms with van der Waals surface area (Å²) >= 11 is 0. The van der Waals surface area contributed by atoms with Crippen molar-refractivity contribution in [3.63, 3.8) is 0 Å². The van der Waals surface area contributed by atoms with Gasteiger partial charge >= 0.3 is 0 Å². The molecule has 0 radical (unpaired) electrons. The molecule has 0 unspecified atom stereocenters. The van der Waals surface area contributed by atoms with Gasteiger partial charge in [-0.2, -0.15) is 0 Å². The number of nitrogens with two attached hydrogens (primary N) is 1. The van der Waals surface area contributed by atoms with Gasteiger partial charge in [-0.1, -0.05) is 0 Å². The lowest BCUT2D eigenvalue weighted by molar-refractivity contribution is -0.116. The van der Waals surface area contributed by atoms with Crippen molar-refractivity contribution in [2.45, 2.75) is 6.42 Å². The van der Waals surface area contributed by atoms with E-state index in [1.807, 2.05) is 0 Å². The molecule has 0 saturated heterocycles. The molecule has 0 atom stereocenters.